The van der Waals surface area contributed by atoms with E-state index in [9.17, 15) is 4.79 Å². The Bertz CT molecular complexity index is 297. The molecule has 0 aliphatic carbocycles. The SMILES string of the molecule is CC1CCC(C(=O)c2ccsn2)O1. The summed E-state index contributed by atoms with van der Waals surface area (Å²) in [7, 11) is 0. The Morgan fingerprint density at radius 1 is 1.69 bits per heavy atom. The van der Waals surface area contributed by atoms with E-state index in [4.69, 9.17) is 4.74 Å². The van der Waals surface area contributed by atoms with Gasteiger partial charge in [-0.2, -0.15) is 4.37 Å². The summed E-state index contributed by atoms with van der Waals surface area (Å²) in [5, 5.41) is 1.81. The van der Waals surface area contributed by atoms with Crippen LogP contribution >= 0.6 is 11.5 Å². The van der Waals surface area contributed by atoms with Gasteiger partial charge in [0.05, 0.1) is 6.10 Å². The zero-order valence-electron chi connectivity index (χ0n) is 7.40. The largest absolute Gasteiger partial charge is 0.367 e. The average Bonchev–Trinajstić information content (AvgIpc) is 2.72. The summed E-state index contributed by atoms with van der Waals surface area (Å²) >= 11 is 1.30. The second kappa shape index (κ2) is 3.55. The van der Waals surface area contributed by atoms with Gasteiger partial charge in [0.2, 0.25) is 5.78 Å². The second-order valence-corrected chi connectivity index (χ2v) is 3.93. The zero-order valence-corrected chi connectivity index (χ0v) is 8.21. The lowest BCUT2D eigenvalue weighted by Gasteiger charge is -2.07. The van der Waals surface area contributed by atoms with E-state index in [1.54, 1.807) is 6.07 Å². The minimum Gasteiger partial charge on any atom is -0.367 e. The van der Waals surface area contributed by atoms with Crippen LogP contribution in [0.2, 0.25) is 0 Å². The molecule has 2 atom stereocenters. The lowest BCUT2D eigenvalue weighted by molar-refractivity contribution is 0.0430. The molecule has 1 saturated heterocycles. The standard InChI is InChI=1S/C9H11NO2S/c1-6-2-3-8(12-6)9(11)7-4-5-13-10-7/h4-6,8H,2-3H2,1H3. The summed E-state index contributed by atoms with van der Waals surface area (Å²) in [6, 6.07) is 1.75. The number of carbonyl (C=O) groups is 1. The molecule has 1 aromatic heterocycles. The van der Waals surface area contributed by atoms with Gasteiger partial charge in [-0.15, -0.1) is 0 Å². The molecule has 0 aromatic carbocycles. The van der Waals surface area contributed by atoms with E-state index >= 15 is 0 Å². The first-order valence-electron chi connectivity index (χ1n) is 4.37. The number of ether oxygens (including phenoxy) is 1. The Labute approximate surface area is 80.9 Å². The highest BCUT2D eigenvalue weighted by Gasteiger charge is 2.29. The number of carbonyl (C=O) groups excluding carboxylic acids is 1. The van der Waals surface area contributed by atoms with Crippen molar-refractivity contribution in [3.8, 4) is 0 Å². The Hall–Kier alpha value is -0.740. The molecule has 0 radical (unpaired) electrons. The van der Waals surface area contributed by atoms with Crippen molar-refractivity contribution in [2.24, 2.45) is 0 Å². The number of Topliss-reactive ketones (excluding diaryl/α,β-unsaturated/α-hetero) is 1. The third-order valence-corrected chi connectivity index (χ3v) is 2.77. The van der Waals surface area contributed by atoms with Crippen molar-refractivity contribution >= 4 is 17.3 Å². The van der Waals surface area contributed by atoms with Crippen LogP contribution in [0.1, 0.15) is 30.3 Å². The lowest BCUT2D eigenvalue weighted by atomic mass is 10.1. The highest BCUT2D eigenvalue weighted by Crippen LogP contribution is 2.22. The number of aromatic nitrogens is 1. The maximum atomic E-state index is 11.7. The van der Waals surface area contributed by atoms with Crippen LogP contribution < -0.4 is 0 Å². The molecular weight excluding hydrogens is 186 g/mol. The fourth-order valence-electron chi connectivity index (χ4n) is 1.50. The van der Waals surface area contributed by atoms with Crippen LogP contribution in [0.3, 0.4) is 0 Å². The molecule has 2 rings (SSSR count). The van der Waals surface area contributed by atoms with Crippen molar-refractivity contribution in [3.63, 3.8) is 0 Å². The lowest BCUT2D eigenvalue weighted by Crippen LogP contribution is -2.20. The van der Waals surface area contributed by atoms with Crippen LogP contribution in [-0.4, -0.2) is 22.4 Å². The van der Waals surface area contributed by atoms with E-state index in [1.165, 1.54) is 11.5 Å². The molecule has 1 aromatic rings. The third-order valence-electron chi connectivity index (χ3n) is 2.21. The minimum atomic E-state index is -0.253. The normalized spacial score (nSPS) is 27.8. The van der Waals surface area contributed by atoms with E-state index < -0.39 is 0 Å². The molecule has 1 aliphatic rings. The van der Waals surface area contributed by atoms with Crippen LogP contribution in [0, 0.1) is 0 Å². The van der Waals surface area contributed by atoms with Crippen LogP contribution in [0.4, 0.5) is 0 Å². The Balaban J connectivity index is 2.06. The number of hydrogen-bond acceptors (Lipinski definition) is 4. The van der Waals surface area contributed by atoms with Crippen LogP contribution in [-0.2, 0) is 4.74 Å². The fraction of sp³-hybridized carbons (Fsp3) is 0.556. The molecule has 0 saturated carbocycles. The Kier molecular flexibility index (Phi) is 2.42. The van der Waals surface area contributed by atoms with Crippen LogP contribution in [0.15, 0.2) is 11.4 Å². The van der Waals surface area contributed by atoms with Crippen molar-refractivity contribution < 1.29 is 9.53 Å². The predicted molar refractivity (Wildman–Crippen MR) is 50.0 cm³/mol. The van der Waals surface area contributed by atoms with Crippen molar-refractivity contribution in [2.45, 2.75) is 32.0 Å². The van der Waals surface area contributed by atoms with Crippen molar-refractivity contribution in [2.75, 3.05) is 0 Å². The molecule has 3 nitrogen and oxygen atoms in total. The summed E-state index contributed by atoms with van der Waals surface area (Å²) < 4.78 is 9.46. The molecule has 1 aliphatic heterocycles. The van der Waals surface area contributed by atoms with Gasteiger partial charge in [-0.05, 0) is 37.4 Å². The summed E-state index contributed by atoms with van der Waals surface area (Å²) in [6.45, 7) is 1.99. The van der Waals surface area contributed by atoms with E-state index in [2.05, 4.69) is 4.37 Å². The fourth-order valence-corrected chi connectivity index (χ4v) is 2.02. The topological polar surface area (TPSA) is 39.2 Å². The summed E-state index contributed by atoms with van der Waals surface area (Å²) in [5.74, 6) is 0.0330. The first kappa shape index (κ1) is 8.84. The van der Waals surface area contributed by atoms with Crippen LogP contribution in [0.5, 0.6) is 0 Å². The Morgan fingerprint density at radius 2 is 2.54 bits per heavy atom. The number of nitrogens with zero attached hydrogens (tertiary/aromatic N) is 1. The molecule has 2 heterocycles. The zero-order chi connectivity index (χ0) is 9.26. The molecule has 70 valence electrons. The summed E-state index contributed by atoms with van der Waals surface area (Å²) in [6.07, 6.45) is 1.77. The number of ketones is 1. The van der Waals surface area contributed by atoms with Crippen molar-refractivity contribution in [1.29, 1.82) is 0 Å². The molecule has 13 heavy (non-hydrogen) atoms. The molecule has 0 bridgehead atoms. The second-order valence-electron chi connectivity index (χ2n) is 3.26. The highest BCUT2D eigenvalue weighted by atomic mass is 32.1. The van der Waals surface area contributed by atoms with Crippen molar-refractivity contribution in [3.05, 3.63) is 17.1 Å². The maximum absolute atomic E-state index is 11.7. The number of rotatable bonds is 2. The summed E-state index contributed by atoms with van der Waals surface area (Å²) in [5.41, 5.74) is 0.545. The molecule has 4 heteroatoms. The van der Waals surface area contributed by atoms with Gasteiger partial charge in [-0.1, -0.05) is 0 Å². The molecule has 0 amide bonds. The highest BCUT2D eigenvalue weighted by molar-refractivity contribution is 7.03. The molecule has 1 fully saturated rings. The van der Waals surface area contributed by atoms with Gasteiger partial charge >= 0.3 is 0 Å². The van der Waals surface area contributed by atoms with Gasteiger partial charge in [0, 0.05) is 5.38 Å². The number of hydrogen-bond donors (Lipinski definition) is 0. The average molecular weight is 197 g/mol. The molecule has 0 spiro atoms. The first-order valence-corrected chi connectivity index (χ1v) is 5.21. The van der Waals surface area contributed by atoms with E-state index in [-0.39, 0.29) is 18.0 Å². The van der Waals surface area contributed by atoms with Crippen LogP contribution in [0.25, 0.3) is 0 Å². The van der Waals surface area contributed by atoms with Gasteiger partial charge in [-0.25, -0.2) is 0 Å². The van der Waals surface area contributed by atoms with Gasteiger partial charge in [0.25, 0.3) is 0 Å². The quantitative estimate of drug-likeness (QED) is 0.680. The third kappa shape index (κ3) is 1.78. The van der Waals surface area contributed by atoms with Gasteiger partial charge in [-0.3, -0.25) is 4.79 Å². The minimum absolute atomic E-state index is 0.0330. The van der Waals surface area contributed by atoms with E-state index in [1.807, 2.05) is 12.3 Å². The van der Waals surface area contributed by atoms with Gasteiger partial charge in [0.15, 0.2) is 0 Å². The predicted octanol–water partition coefficient (Wildman–Crippen LogP) is 1.89. The Morgan fingerprint density at radius 3 is 3.08 bits per heavy atom. The smallest absolute Gasteiger partial charge is 0.210 e. The molecule has 2 unspecified atom stereocenters. The summed E-state index contributed by atoms with van der Waals surface area (Å²) in [4.78, 5) is 11.7. The van der Waals surface area contributed by atoms with Gasteiger partial charge < -0.3 is 4.74 Å². The maximum Gasteiger partial charge on any atom is 0.210 e. The van der Waals surface area contributed by atoms with Gasteiger partial charge in [0.1, 0.15) is 11.8 Å². The first-order chi connectivity index (χ1) is 6.27. The monoisotopic (exact) mass is 197 g/mol. The van der Waals surface area contributed by atoms with E-state index in [0.717, 1.165) is 12.8 Å². The van der Waals surface area contributed by atoms with Crippen molar-refractivity contribution in [1.82, 2.24) is 4.37 Å². The molecular formula is C9H11NO2S. The molecule has 0 N–H and O–H groups in total. The van der Waals surface area contributed by atoms with E-state index in [0.29, 0.717) is 5.69 Å².